The summed E-state index contributed by atoms with van der Waals surface area (Å²) < 4.78 is 0. The number of carboxylic acid groups (broad SMARTS) is 5. The summed E-state index contributed by atoms with van der Waals surface area (Å²) in [5, 5.41) is 85.9. The largest absolute Gasteiger partial charge is 0.480 e. The molecule has 0 spiro atoms. The average Bonchev–Trinajstić information content (AvgIpc) is 1.80. The summed E-state index contributed by atoms with van der Waals surface area (Å²) in [6.07, 6.45) is 1.66. The van der Waals surface area contributed by atoms with Gasteiger partial charge in [-0.05, 0) is 88.8 Å². The summed E-state index contributed by atoms with van der Waals surface area (Å²) in [4.78, 5) is 176. The van der Waals surface area contributed by atoms with E-state index in [-0.39, 0.29) is 154 Å². The molecule has 5 atom stereocenters. The van der Waals surface area contributed by atoms with Gasteiger partial charge < -0.3 is 88.3 Å². The Labute approximate surface area is 551 Å². The van der Waals surface area contributed by atoms with Crippen LogP contribution in [0.25, 0.3) is 0 Å². The molecule has 0 aliphatic carbocycles. The third-order valence-corrected chi connectivity index (χ3v) is 15.7. The number of unbranched alkanes of at least 4 members (excludes halogenated alkanes) is 2. The second-order valence-corrected chi connectivity index (χ2v) is 23.5. The van der Waals surface area contributed by atoms with Gasteiger partial charge in [0.1, 0.15) is 24.2 Å². The maximum absolute atomic E-state index is 13.3. The summed E-state index contributed by atoms with van der Waals surface area (Å²) in [6, 6.07) is 1.86. The molecule has 0 bridgehead atoms. The molecule has 2 fully saturated rings. The second-order valence-electron chi connectivity index (χ2n) is 23.5. The van der Waals surface area contributed by atoms with E-state index in [4.69, 9.17) is 5.73 Å². The van der Waals surface area contributed by atoms with Gasteiger partial charge in [-0.1, -0.05) is 12.1 Å². The Balaban J connectivity index is 1.40. The highest BCUT2D eigenvalue weighted by Gasteiger charge is 2.39. The van der Waals surface area contributed by atoms with E-state index in [0.29, 0.717) is 44.2 Å². The van der Waals surface area contributed by atoms with E-state index >= 15 is 0 Å². The lowest BCUT2D eigenvalue weighted by Crippen LogP contribution is -2.52. The van der Waals surface area contributed by atoms with Gasteiger partial charge in [-0.25, -0.2) is 4.79 Å². The van der Waals surface area contributed by atoms with E-state index in [1.165, 1.54) is 11.8 Å². The predicted molar refractivity (Wildman–Crippen MR) is 341 cm³/mol. The number of nitrogens with two attached hydrogens (primary N) is 1. The number of carbonyl (C=O) groups excluding carboxylic acids is 8. The zero-order chi connectivity index (χ0) is 70.6. The van der Waals surface area contributed by atoms with E-state index in [1.54, 1.807) is 62.9 Å². The standard InChI is InChI=1S/C59H96BN15O20/c1-39(56(89)75-25-9-12-45(75)60(94)95)67-54(87)41-16-14-40(15-17-41)34-65-46(76)13-5-7-23-63-55(88)42(11-8-24-64-59(61)70(2)3)68-49(79)21-20-48(78)66-35-50(80)69-43(57(90)91)10-4-6-22-62-47(77)19-18-44(58(92)93)74-32-30-72(37-52(83)84)28-26-71(36-51(81)82)27-29-73(31-33-74)38-53(85)86/h14-17,39,42-45,94-95H,4-13,18-38H2,1-3H3,(H2,61,64)(H,62,77)(H,63,88)(H,65,76)(H,66,78)(H,67,87)(H,68,79)(H,69,80)(H,81,82)(H,83,84)(H,85,86)(H,90,91)(H,92,93)/t39-,42+,43+,44-,45+/m1/s1. The highest BCUT2D eigenvalue weighted by atomic mass is 16.4. The Morgan fingerprint density at radius 3 is 1.66 bits per heavy atom. The van der Waals surface area contributed by atoms with Crippen molar-refractivity contribution in [3.05, 3.63) is 35.4 Å². The van der Waals surface area contributed by atoms with Crippen molar-refractivity contribution >= 4 is 90.2 Å². The molecule has 3 rings (SSSR count). The van der Waals surface area contributed by atoms with Crippen LogP contribution >= 0.6 is 0 Å². The third-order valence-electron chi connectivity index (χ3n) is 15.7. The Hall–Kier alpha value is -8.58. The molecule has 1 aromatic carbocycles. The van der Waals surface area contributed by atoms with Crippen molar-refractivity contribution in [3.8, 4) is 0 Å². The number of hydrogen-bond acceptors (Lipinski definition) is 20. The van der Waals surface area contributed by atoms with E-state index < -0.39 is 134 Å². The average molecular weight is 1350 g/mol. The summed E-state index contributed by atoms with van der Waals surface area (Å²) in [5.41, 5.74) is 6.87. The number of nitrogens with zero attached hydrogens (tertiary/aromatic N) is 7. The molecule has 2 heterocycles. The number of rotatable bonds is 40. The minimum atomic E-state index is -1.68. The van der Waals surface area contributed by atoms with Gasteiger partial charge in [0.25, 0.3) is 5.91 Å². The molecule has 530 valence electrons. The van der Waals surface area contributed by atoms with Crippen molar-refractivity contribution in [1.82, 2.24) is 66.6 Å². The molecule has 8 amide bonds. The monoisotopic (exact) mass is 1350 g/mol. The van der Waals surface area contributed by atoms with Crippen molar-refractivity contribution in [2.45, 2.75) is 133 Å². The summed E-state index contributed by atoms with van der Waals surface area (Å²) in [7, 11) is 1.73. The predicted octanol–water partition coefficient (Wildman–Crippen LogP) is -4.69. The zero-order valence-electron chi connectivity index (χ0n) is 54.3. The Bertz CT molecular complexity index is 2730. The van der Waals surface area contributed by atoms with Gasteiger partial charge in [0, 0.05) is 130 Å². The molecule has 95 heavy (non-hydrogen) atoms. The molecule has 1 aromatic rings. The van der Waals surface area contributed by atoms with Crippen LogP contribution in [0.4, 0.5) is 0 Å². The lowest BCUT2D eigenvalue weighted by molar-refractivity contribution is -0.145. The fraction of sp³-hybridized carbons (Fsp3) is 0.661. The number of aliphatic carboxylic acids is 5. The highest BCUT2D eigenvalue weighted by Crippen LogP contribution is 2.20. The SMILES string of the molecule is C[C@@H](NC(=O)c1ccc(CNC(=O)CCCCNC(=O)[C@H](CCCN=C(N)N(C)C)NC(=O)CCC(=O)NCC(=O)N[C@@H](CCCCNC(=O)CC[C@H](C(=O)O)N2CCN(CC(=O)O)CCN(CC(=O)O)CCN(CC(=O)O)CC2)C(=O)O)cc1)C(=O)N1CCC[C@H]1B(O)O. The summed E-state index contributed by atoms with van der Waals surface area (Å²) >= 11 is 0. The van der Waals surface area contributed by atoms with E-state index in [1.807, 2.05) is 0 Å². The number of guanidine groups is 1. The number of carboxylic acids is 5. The Morgan fingerprint density at radius 1 is 0.579 bits per heavy atom. The van der Waals surface area contributed by atoms with Gasteiger partial charge in [0.2, 0.25) is 41.4 Å². The Morgan fingerprint density at radius 2 is 1.11 bits per heavy atom. The Kier molecular flexibility index (Phi) is 36.9. The van der Waals surface area contributed by atoms with Crippen LogP contribution in [0.5, 0.6) is 0 Å². The first-order valence-corrected chi connectivity index (χ1v) is 31.8. The van der Waals surface area contributed by atoms with Gasteiger partial charge in [0.05, 0.1) is 32.1 Å². The molecule has 0 saturated carbocycles. The van der Waals surface area contributed by atoms with E-state index in [2.05, 4.69) is 42.2 Å². The number of nitrogens with one attached hydrogen (secondary N) is 7. The fourth-order valence-electron chi connectivity index (χ4n) is 10.4. The van der Waals surface area contributed by atoms with Crippen LogP contribution < -0.4 is 43.0 Å². The van der Waals surface area contributed by atoms with Crippen LogP contribution in [0.3, 0.4) is 0 Å². The fourth-order valence-corrected chi connectivity index (χ4v) is 10.4. The van der Waals surface area contributed by atoms with Crippen molar-refractivity contribution in [3.63, 3.8) is 0 Å². The quantitative estimate of drug-likeness (QED) is 0.0127. The molecular weight excluding hydrogens is 1250 g/mol. The molecule has 35 nitrogen and oxygen atoms in total. The van der Waals surface area contributed by atoms with E-state index in [0.717, 1.165) is 0 Å². The van der Waals surface area contributed by atoms with Crippen molar-refractivity contribution in [2.24, 2.45) is 10.7 Å². The molecule has 0 radical (unpaired) electrons. The molecular formula is C59H96BN15O20. The molecule has 36 heteroatoms. The number of amides is 8. The van der Waals surface area contributed by atoms with Crippen molar-refractivity contribution in [1.29, 1.82) is 0 Å². The first-order valence-electron chi connectivity index (χ1n) is 31.8. The van der Waals surface area contributed by atoms with Crippen LogP contribution in [-0.4, -0.2) is 304 Å². The molecule has 2 saturated heterocycles. The summed E-state index contributed by atoms with van der Waals surface area (Å²) in [5.74, 6) is -11.0. The van der Waals surface area contributed by atoms with Crippen LogP contribution in [0.1, 0.15) is 113 Å². The third kappa shape index (κ3) is 32.9. The number of benzene rings is 1. The zero-order valence-corrected chi connectivity index (χ0v) is 54.3. The molecule has 0 aromatic heterocycles. The van der Waals surface area contributed by atoms with Crippen LogP contribution in [0, 0.1) is 0 Å². The topological polar surface area (TPSA) is 506 Å². The van der Waals surface area contributed by atoms with Gasteiger partial charge >= 0.3 is 37.0 Å². The first kappa shape index (κ1) is 80.7. The molecule has 2 aliphatic rings. The van der Waals surface area contributed by atoms with Crippen LogP contribution in [0.2, 0.25) is 0 Å². The van der Waals surface area contributed by atoms with Gasteiger partial charge in [-0.2, -0.15) is 0 Å². The van der Waals surface area contributed by atoms with Crippen LogP contribution in [0.15, 0.2) is 29.3 Å². The van der Waals surface area contributed by atoms with Gasteiger partial charge in [-0.3, -0.25) is 82.1 Å². The summed E-state index contributed by atoms with van der Waals surface area (Å²) in [6.45, 7) is 1.42. The lowest BCUT2D eigenvalue weighted by Gasteiger charge is -2.35. The minimum absolute atomic E-state index is 0.0257. The molecule has 2 aliphatic heterocycles. The number of hydrogen-bond donors (Lipinski definition) is 15. The maximum Gasteiger partial charge on any atom is 0.475 e. The number of likely N-dealkylation sites (tertiary alicyclic amines) is 1. The van der Waals surface area contributed by atoms with Crippen molar-refractivity contribution < 1.29 is 97.9 Å². The van der Waals surface area contributed by atoms with Gasteiger partial charge in [0.15, 0.2) is 5.96 Å². The second kappa shape index (κ2) is 43.4. The molecule has 0 unspecified atom stereocenters. The maximum atomic E-state index is 13.3. The minimum Gasteiger partial charge on any atom is -0.480 e. The number of carbonyl (C=O) groups is 13. The number of aliphatic imine (C=N–C) groups is 1. The van der Waals surface area contributed by atoms with Crippen LogP contribution in [-0.2, 0) is 64.1 Å². The normalized spacial score (nSPS) is 16.6. The van der Waals surface area contributed by atoms with Gasteiger partial charge in [-0.15, -0.1) is 0 Å². The lowest BCUT2D eigenvalue weighted by atomic mass is 9.78. The smallest absolute Gasteiger partial charge is 0.475 e. The highest BCUT2D eigenvalue weighted by molar-refractivity contribution is 6.43. The first-order chi connectivity index (χ1) is 45.0. The molecule has 16 N–H and O–H groups in total. The van der Waals surface area contributed by atoms with E-state index in [9.17, 15) is 97.9 Å². The van der Waals surface area contributed by atoms with Crippen molar-refractivity contribution in [2.75, 3.05) is 119 Å².